The Morgan fingerprint density at radius 3 is 2.83 bits per heavy atom. The van der Waals surface area contributed by atoms with Crippen molar-refractivity contribution in [3.63, 3.8) is 0 Å². The fourth-order valence-corrected chi connectivity index (χ4v) is 2.42. The van der Waals surface area contributed by atoms with Gasteiger partial charge in [0.2, 0.25) is 5.91 Å². The average molecular weight is 324 g/mol. The standard InChI is InChI=1S/C17H16N4O3/c1-24-17(23)13-4-2-3-5-14(13)20-16(22)10-21-15-8-12(18)7-6-11(15)9-19-21/h2-9H,10,18H2,1H3,(H,20,22). The van der Waals surface area contributed by atoms with E-state index in [4.69, 9.17) is 10.5 Å². The number of esters is 1. The molecule has 3 N–H and O–H groups in total. The molecule has 0 saturated heterocycles. The molecule has 0 radical (unpaired) electrons. The van der Waals surface area contributed by atoms with Gasteiger partial charge in [-0.05, 0) is 30.3 Å². The number of nitrogens with one attached hydrogen (secondary N) is 1. The number of para-hydroxylation sites is 1. The zero-order chi connectivity index (χ0) is 17.1. The van der Waals surface area contributed by atoms with E-state index in [-0.39, 0.29) is 12.5 Å². The van der Waals surface area contributed by atoms with Crippen LogP contribution in [0.2, 0.25) is 0 Å². The van der Waals surface area contributed by atoms with Crippen molar-refractivity contribution in [2.24, 2.45) is 0 Å². The van der Waals surface area contributed by atoms with Gasteiger partial charge in [-0.15, -0.1) is 0 Å². The van der Waals surface area contributed by atoms with E-state index < -0.39 is 5.97 Å². The molecule has 24 heavy (non-hydrogen) atoms. The van der Waals surface area contributed by atoms with Crippen LogP contribution in [0.4, 0.5) is 11.4 Å². The molecule has 2 aromatic carbocycles. The van der Waals surface area contributed by atoms with E-state index in [1.165, 1.54) is 7.11 Å². The first-order chi connectivity index (χ1) is 11.6. The van der Waals surface area contributed by atoms with Crippen LogP contribution in [-0.4, -0.2) is 28.8 Å². The third-order valence-electron chi connectivity index (χ3n) is 3.57. The molecule has 3 rings (SSSR count). The number of nitrogens with zero attached hydrogens (tertiary/aromatic N) is 2. The van der Waals surface area contributed by atoms with Crippen LogP contribution in [-0.2, 0) is 16.1 Å². The van der Waals surface area contributed by atoms with Crippen LogP contribution in [0, 0.1) is 0 Å². The van der Waals surface area contributed by atoms with E-state index >= 15 is 0 Å². The second-order valence-corrected chi connectivity index (χ2v) is 5.21. The number of ether oxygens (including phenoxy) is 1. The first kappa shape index (κ1) is 15.5. The van der Waals surface area contributed by atoms with Gasteiger partial charge in [0.05, 0.1) is 30.1 Å². The zero-order valence-corrected chi connectivity index (χ0v) is 13.0. The number of hydrogen-bond donors (Lipinski definition) is 2. The minimum atomic E-state index is -0.511. The maximum atomic E-state index is 12.3. The number of nitrogen functional groups attached to an aromatic ring is 1. The number of amides is 1. The van der Waals surface area contributed by atoms with E-state index in [1.54, 1.807) is 47.3 Å². The molecule has 7 heteroatoms. The first-order valence-electron chi connectivity index (χ1n) is 7.26. The van der Waals surface area contributed by atoms with Crippen LogP contribution in [0.1, 0.15) is 10.4 Å². The van der Waals surface area contributed by atoms with Gasteiger partial charge < -0.3 is 15.8 Å². The molecule has 0 saturated carbocycles. The maximum Gasteiger partial charge on any atom is 0.339 e. The Morgan fingerprint density at radius 1 is 1.25 bits per heavy atom. The second kappa shape index (κ2) is 6.41. The summed E-state index contributed by atoms with van der Waals surface area (Å²) in [4.78, 5) is 24.1. The summed E-state index contributed by atoms with van der Waals surface area (Å²) in [5.41, 5.74) is 7.84. The van der Waals surface area contributed by atoms with Gasteiger partial charge in [-0.1, -0.05) is 12.1 Å². The number of anilines is 2. The lowest BCUT2D eigenvalue weighted by Crippen LogP contribution is -2.21. The van der Waals surface area contributed by atoms with Gasteiger partial charge in [0, 0.05) is 11.1 Å². The minimum absolute atomic E-state index is 0.00244. The molecule has 0 aliphatic heterocycles. The first-order valence-corrected chi connectivity index (χ1v) is 7.26. The number of hydrogen-bond acceptors (Lipinski definition) is 5. The van der Waals surface area contributed by atoms with Gasteiger partial charge in [-0.25, -0.2) is 4.79 Å². The summed E-state index contributed by atoms with van der Waals surface area (Å²) >= 11 is 0. The van der Waals surface area contributed by atoms with Crippen molar-refractivity contribution in [1.29, 1.82) is 0 Å². The number of fused-ring (bicyclic) bond motifs is 1. The number of rotatable bonds is 4. The van der Waals surface area contributed by atoms with Crippen LogP contribution < -0.4 is 11.1 Å². The van der Waals surface area contributed by atoms with Crippen molar-refractivity contribution in [1.82, 2.24) is 9.78 Å². The minimum Gasteiger partial charge on any atom is -0.465 e. The summed E-state index contributed by atoms with van der Waals surface area (Å²) in [6.07, 6.45) is 1.67. The van der Waals surface area contributed by atoms with E-state index in [2.05, 4.69) is 10.4 Å². The van der Waals surface area contributed by atoms with Gasteiger partial charge in [0.1, 0.15) is 6.54 Å². The van der Waals surface area contributed by atoms with Crippen molar-refractivity contribution in [2.45, 2.75) is 6.54 Å². The Labute approximate surface area is 138 Å². The number of methoxy groups -OCH3 is 1. The van der Waals surface area contributed by atoms with Gasteiger partial charge in [0.15, 0.2) is 0 Å². The SMILES string of the molecule is COC(=O)c1ccccc1NC(=O)Cn1ncc2ccc(N)cc21. The highest BCUT2D eigenvalue weighted by atomic mass is 16.5. The maximum absolute atomic E-state index is 12.3. The molecular formula is C17H16N4O3. The fraction of sp³-hybridized carbons (Fsp3) is 0.118. The van der Waals surface area contributed by atoms with Crippen molar-refractivity contribution in [3.8, 4) is 0 Å². The quantitative estimate of drug-likeness (QED) is 0.565. The Hall–Kier alpha value is -3.35. The van der Waals surface area contributed by atoms with Crippen molar-refractivity contribution < 1.29 is 14.3 Å². The molecule has 0 aliphatic rings. The molecule has 0 atom stereocenters. The highest BCUT2D eigenvalue weighted by Gasteiger charge is 2.14. The van der Waals surface area contributed by atoms with Crippen LogP contribution in [0.3, 0.4) is 0 Å². The summed E-state index contributed by atoms with van der Waals surface area (Å²) in [6, 6.07) is 12.0. The monoisotopic (exact) mass is 324 g/mol. The molecule has 0 fully saturated rings. The zero-order valence-electron chi connectivity index (χ0n) is 13.0. The third-order valence-corrected chi connectivity index (χ3v) is 3.57. The molecule has 1 heterocycles. The fourth-order valence-electron chi connectivity index (χ4n) is 2.42. The number of aromatic nitrogens is 2. The Morgan fingerprint density at radius 2 is 2.04 bits per heavy atom. The number of nitrogens with two attached hydrogens (primary N) is 1. The van der Waals surface area contributed by atoms with Crippen LogP contribution in [0.25, 0.3) is 10.9 Å². The summed E-state index contributed by atoms with van der Waals surface area (Å²) in [7, 11) is 1.29. The lowest BCUT2D eigenvalue weighted by Gasteiger charge is -2.10. The van der Waals surface area contributed by atoms with Crippen molar-refractivity contribution in [2.75, 3.05) is 18.2 Å². The molecule has 0 aliphatic carbocycles. The molecular weight excluding hydrogens is 308 g/mol. The number of benzene rings is 2. The Bertz CT molecular complexity index is 917. The summed E-state index contributed by atoms with van der Waals surface area (Å²) < 4.78 is 6.27. The van der Waals surface area contributed by atoms with E-state index in [9.17, 15) is 9.59 Å². The number of carbonyl (C=O) groups excluding carboxylic acids is 2. The predicted molar refractivity (Wildman–Crippen MR) is 90.6 cm³/mol. The van der Waals surface area contributed by atoms with E-state index in [0.717, 1.165) is 10.9 Å². The highest BCUT2D eigenvalue weighted by Crippen LogP contribution is 2.18. The molecule has 3 aromatic rings. The molecule has 7 nitrogen and oxygen atoms in total. The van der Waals surface area contributed by atoms with Crippen LogP contribution in [0.5, 0.6) is 0 Å². The highest BCUT2D eigenvalue weighted by molar-refractivity contribution is 6.01. The topological polar surface area (TPSA) is 99.2 Å². The second-order valence-electron chi connectivity index (χ2n) is 5.21. The largest absolute Gasteiger partial charge is 0.465 e. The van der Waals surface area contributed by atoms with Crippen molar-refractivity contribution >= 4 is 34.2 Å². The molecule has 0 unspecified atom stereocenters. The molecule has 1 aromatic heterocycles. The van der Waals surface area contributed by atoms with Crippen molar-refractivity contribution in [3.05, 3.63) is 54.2 Å². The normalized spacial score (nSPS) is 10.5. The van der Waals surface area contributed by atoms with Gasteiger partial charge in [-0.2, -0.15) is 5.10 Å². The summed E-state index contributed by atoms with van der Waals surface area (Å²) in [5.74, 6) is -0.818. The van der Waals surface area contributed by atoms with Crippen LogP contribution in [0.15, 0.2) is 48.7 Å². The van der Waals surface area contributed by atoms with E-state index in [0.29, 0.717) is 16.9 Å². The van der Waals surface area contributed by atoms with Gasteiger partial charge >= 0.3 is 5.97 Å². The molecule has 0 bridgehead atoms. The average Bonchev–Trinajstić information content (AvgIpc) is 2.96. The number of carbonyl (C=O) groups is 2. The molecule has 1 amide bonds. The van der Waals surface area contributed by atoms with Crippen LogP contribution >= 0.6 is 0 Å². The molecule has 122 valence electrons. The summed E-state index contributed by atoms with van der Waals surface area (Å²) in [5, 5.41) is 7.81. The van der Waals surface area contributed by atoms with E-state index in [1.807, 2.05) is 6.07 Å². The summed E-state index contributed by atoms with van der Waals surface area (Å²) in [6.45, 7) is 0.00244. The smallest absolute Gasteiger partial charge is 0.339 e. The Balaban J connectivity index is 1.81. The Kier molecular flexibility index (Phi) is 4.15. The lowest BCUT2D eigenvalue weighted by molar-refractivity contribution is -0.116. The predicted octanol–water partition coefficient (Wildman–Crippen LogP) is 2.04. The van der Waals surface area contributed by atoms with Gasteiger partial charge in [-0.3, -0.25) is 9.48 Å². The lowest BCUT2D eigenvalue weighted by atomic mass is 10.2. The third kappa shape index (κ3) is 3.05. The van der Waals surface area contributed by atoms with Gasteiger partial charge in [0.25, 0.3) is 0 Å². The molecule has 0 spiro atoms.